The van der Waals surface area contributed by atoms with E-state index in [0.717, 1.165) is 28.1 Å². The van der Waals surface area contributed by atoms with Crippen LogP contribution in [-0.2, 0) is 10.3 Å². The van der Waals surface area contributed by atoms with Gasteiger partial charge in [0.1, 0.15) is 11.5 Å². The van der Waals surface area contributed by atoms with Crippen LogP contribution in [0.1, 0.15) is 27.0 Å². The number of hydrogen-bond acceptors (Lipinski definition) is 6. The topological polar surface area (TPSA) is 68.0 Å². The number of carbonyl (C=O) groups is 1. The Hall–Kier alpha value is -3.67. The van der Waals surface area contributed by atoms with E-state index in [4.69, 9.17) is 15.2 Å². The minimum absolute atomic E-state index is 0.385. The minimum atomic E-state index is -1.07. The van der Waals surface area contributed by atoms with Gasteiger partial charge in [-0.2, -0.15) is 0 Å². The Kier molecular flexibility index (Phi) is 3.77. The first-order chi connectivity index (χ1) is 14.3. The van der Waals surface area contributed by atoms with Crippen LogP contribution in [0.4, 0.5) is 17.1 Å². The highest BCUT2D eigenvalue weighted by Crippen LogP contribution is 2.57. The van der Waals surface area contributed by atoms with Crippen molar-refractivity contribution in [3.8, 4) is 11.5 Å². The first kappa shape index (κ1) is 18.4. The van der Waals surface area contributed by atoms with E-state index in [1.807, 2.05) is 80.5 Å². The lowest BCUT2D eigenvalue weighted by Gasteiger charge is -2.37. The summed E-state index contributed by atoms with van der Waals surface area (Å²) in [6.07, 6.45) is 0. The zero-order valence-electron chi connectivity index (χ0n) is 17.4. The molecular weight excluding hydrogens is 378 g/mol. The Morgan fingerprint density at radius 1 is 0.767 bits per heavy atom. The maximum absolute atomic E-state index is 12.9. The van der Waals surface area contributed by atoms with Gasteiger partial charge >= 0.3 is 5.97 Å². The summed E-state index contributed by atoms with van der Waals surface area (Å²) in [6.45, 7) is 0. The Labute approximate surface area is 175 Å². The molecule has 1 spiro atoms. The second kappa shape index (κ2) is 6.16. The van der Waals surface area contributed by atoms with Crippen LogP contribution >= 0.6 is 0 Å². The Balaban J connectivity index is 1.84. The smallest absolute Gasteiger partial charge is 0.340 e. The zero-order valence-corrected chi connectivity index (χ0v) is 17.4. The molecule has 30 heavy (non-hydrogen) atoms. The molecule has 2 N–H and O–H groups in total. The predicted molar refractivity (Wildman–Crippen MR) is 118 cm³/mol. The van der Waals surface area contributed by atoms with Crippen molar-refractivity contribution in [1.82, 2.24) is 0 Å². The molecule has 2 heterocycles. The molecule has 0 saturated carbocycles. The normalized spacial score (nSPS) is 15.0. The van der Waals surface area contributed by atoms with E-state index in [9.17, 15) is 4.79 Å². The molecule has 0 unspecified atom stereocenters. The monoisotopic (exact) mass is 401 g/mol. The average Bonchev–Trinajstić information content (AvgIpc) is 2.99. The van der Waals surface area contributed by atoms with Gasteiger partial charge in [-0.15, -0.1) is 0 Å². The Bertz CT molecular complexity index is 1140. The molecule has 0 aromatic heterocycles. The van der Waals surface area contributed by atoms with Gasteiger partial charge in [0.2, 0.25) is 0 Å². The number of esters is 1. The average molecular weight is 401 g/mol. The van der Waals surface area contributed by atoms with E-state index in [-0.39, 0.29) is 5.97 Å². The third-order valence-electron chi connectivity index (χ3n) is 5.83. The summed E-state index contributed by atoms with van der Waals surface area (Å²) in [7, 11) is 7.91. The van der Waals surface area contributed by atoms with Crippen molar-refractivity contribution in [2.45, 2.75) is 5.60 Å². The number of fused-ring (bicyclic) bond motifs is 6. The number of nitrogen functional groups attached to an aromatic ring is 1. The van der Waals surface area contributed by atoms with E-state index in [1.54, 1.807) is 12.1 Å². The summed E-state index contributed by atoms with van der Waals surface area (Å²) in [5.41, 5.74) is 10.3. The van der Waals surface area contributed by atoms with E-state index >= 15 is 0 Å². The predicted octanol–water partition coefficient (Wildman–Crippen LogP) is 3.97. The van der Waals surface area contributed by atoms with Gasteiger partial charge in [0, 0.05) is 74.1 Å². The third-order valence-corrected chi connectivity index (χ3v) is 5.83. The molecule has 2 aliphatic rings. The number of hydrogen-bond donors (Lipinski definition) is 1. The molecule has 0 bridgehead atoms. The number of anilines is 3. The van der Waals surface area contributed by atoms with Gasteiger partial charge in [0.05, 0.1) is 5.56 Å². The molecule has 0 aliphatic carbocycles. The molecule has 2 aliphatic heterocycles. The summed E-state index contributed by atoms with van der Waals surface area (Å²) >= 11 is 0. The fourth-order valence-corrected chi connectivity index (χ4v) is 4.28. The van der Waals surface area contributed by atoms with Crippen LogP contribution in [0.3, 0.4) is 0 Å². The van der Waals surface area contributed by atoms with E-state index in [0.29, 0.717) is 22.7 Å². The van der Waals surface area contributed by atoms with Gasteiger partial charge in [0.25, 0.3) is 0 Å². The standard InChI is InChI=1S/C24H23N3O3/c1-26(2)15-6-9-19-21(12-15)29-22-13-16(27(3)4)7-10-20(22)24(19)18-8-5-14(25)11-17(18)23(28)30-24/h5-13H,25H2,1-4H3. The molecule has 0 amide bonds. The first-order valence-electron chi connectivity index (χ1n) is 9.76. The number of nitrogens with zero attached hydrogens (tertiary/aromatic N) is 2. The first-order valence-corrected chi connectivity index (χ1v) is 9.76. The van der Waals surface area contributed by atoms with Crippen LogP contribution < -0.4 is 20.3 Å². The van der Waals surface area contributed by atoms with Crippen LogP contribution in [0.5, 0.6) is 11.5 Å². The fraction of sp³-hybridized carbons (Fsp3) is 0.208. The van der Waals surface area contributed by atoms with Crippen LogP contribution in [0.25, 0.3) is 0 Å². The van der Waals surface area contributed by atoms with Crippen LogP contribution in [0.2, 0.25) is 0 Å². The second-order valence-electron chi connectivity index (χ2n) is 8.13. The van der Waals surface area contributed by atoms with Crippen molar-refractivity contribution in [2.75, 3.05) is 43.7 Å². The largest absolute Gasteiger partial charge is 0.456 e. The summed E-state index contributed by atoms with van der Waals surface area (Å²) in [6, 6.07) is 17.3. The number of benzene rings is 3. The third kappa shape index (κ3) is 2.40. The van der Waals surface area contributed by atoms with Crippen molar-refractivity contribution in [1.29, 1.82) is 0 Å². The Morgan fingerprint density at radius 3 is 1.83 bits per heavy atom. The van der Waals surface area contributed by atoms with Gasteiger partial charge < -0.3 is 25.0 Å². The quantitative estimate of drug-likeness (QED) is 0.518. The van der Waals surface area contributed by atoms with E-state index in [2.05, 4.69) is 0 Å². The Morgan fingerprint density at radius 2 is 1.30 bits per heavy atom. The molecule has 3 aromatic rings. The van der Waals surface area contributed by atoms with Crippen molar-refractivity contribution < 1.29 is 14.3 Å². The lowest BCUT2D eigenvalue weighted by atomic mass is 9.77. The van der Waals surface area contributed by atoms with Crippen molar-refractivity contribution >= 4 is 23.0 Å². The maximum atomic E-state index is 12.9. The fourth-order valence-electron chi connectivity index (χ4n) is 4.28. The number of carbonyl (C=O) groups excluding carboxylic acids is 1. The van der Waals surface area contributed by atoms with Crippen LogP contribution in [0.15, 0.2) is 54.6 Å². The van der Waals surface area contributed by atoms with Crippen molar-refractivity contribution in [3.05, 3.63) is 76.9 Å². The van der Waals surface area contributed by atoms with Crippen molar-refractivity contribution in [3.63, 3.8) is 0 Å². The number of rotatable bonds is 2. The summed E-state index contributed by atoms with van der Waals surface area (Å²) < 4.78 is 12.5. The molecule has 6 heteroatoms. The van der Waals surface area contributed by atoms with E-state index in [1.165, 1.54) is 0 Å². The minimum Gasteiger partial charge on any atom is -0.456 e. The summed E-state index contributed by atoms with van der Waals surface area (Å²) in [4.78, 5) is 16.9. The molecule has 5 rings (SSSR count). The number of nitrogens with two attached hydrogens (primary N) is 1. The van der Waals surface area contributed by atoms with Crippen LogP contribution in [-0.4, -0.2) is 34.2 Å². The van der Waals surface area contributed by atoms with Gasteiger partial charge in [0.15, 0.2) is 5.60 Å². The second-order valence-corrected chi connectivity index (χ2v) is 8.13. The van der Waals surface area contributed by atoms with Gasteiger partial charge in [-0.3, -0.25) is 0 Å². The van der Waals surface area contributed by atoms with Gasteiger partial charge in [-0.05, 0) is 36.4 Å². The molecule has 0 fully saturated rings. The highest BCUT2D eigenvalue weighted by molar-refractivity contribution is 5.98. The molecule has 152 valence electrons. The highest BCUT2D eigenvalue weighted by Gasteiger charge is 2.53. The highest BCUT2D eigenvalue weighted by atomic mass is 16.6. The molecule has 0 atom stereocenters. The van der Waals surface area contributed by atoms with E-state index < -0.39 is 5.60 Å². The molecule has 0 radical (unpaired) electrons. The lowest BCUT2D eigenvalue weighted by molar-refractivity contribution is 0.0224. The van der Waals surface area contributed by atoms with Gasteiger partial charge in [-0.1, -0.05) is 6.07 Å². The molecule has 6 nitrogen and oxygen atoms in total. The van der Waals surface area contributed by atoms with Crippen molar-refractivity contribution in [2.24, 2.45) is 0 Å². The lowest BCUT2D eigenvalue weighted by Crippen LogP contribution is -2.33. The van der Waals surface area contributed by atoms with Gasteiger partial charge in [-0.25, -0.2) is 4.79 Å². The van der Waals surface area contributed by atoms with Crippen LogP contribution in [0, 0.1) is 0 Å². The number of ether oxygens (including phenoxy) is 2. The maximum Gasteiger partial charge on any atom is 0.340 e. The summed E-state index contributed by atoms with van der Waals surface area (Å²) in [5, 5.41) is 0. The zero-order chi connectivity index (χ0) is 21.2. The molecular formula is C24H23N3O3. The molecule has 0 saturated heterocycles. The molecule has 3 aromatic carbocycles. The summed E-state index contributed by atoms with van der Waals surface area (Å²) in [5.74, 6) is 0.952. The SMILES string of the molecule is CN(C)c1ccc2c(c1)Oc1cc(N(C)C)ccc1C21OC(=O)c2cc(N)ccc21.